The highest BCUT2D eigenvalue weighted by molar-refractivity contribution is 6.30. The zero-order valence-corrected chi connectivity index (χ0v) is 5.00. The second-order valence-electron chi connectivity index (χ2n) is 1.22. The predicted octanol–water partition coefficient (Wildman–Crippen LogP) is 1.04. The van der Waals surface area contributed by atoms with Crippen LogP contribution in [0.5, 0.6) is 0 Å². The SMILES string of the molecule is ClC1=CN(Cl)NC1. The number of halogens is 2. The van der Waals surface area contributed by atoms with Crippen LogP contribution in [0.4, 0.5) is 0 Å². The molecule has 40 valence electrons. The molecular weight excluding hydrogens is 135 g/mol. The number of nitrogens with one attached hydrogen (secondary N) is 1. The Hall–Kier alpha value is 0.0800. The molecule has 4 heteroatoms. The highest BCUT2D eigenvalue weighted by atomic mass is 35.5. The van der Waals surface area contributed by atoms with Gasteiger partial charge in [-0.05, 0) is 0 Å². The normalized spacial score (nSPS) is 20.3. The van der Waals surface area contributed by atoms with Crippen molar-refractivity contribution in [2.75, 3.05) is 6.54 Å². The maximum absolute atomic E-state index is 5.48. The van der Waals surface area contributed by atoms with Gasteiger partial charge in [0, 0.05) is 11.8 Å². The minimum absolute atomic E-state index is 0.644. The molecule has 0 aromatic heterocycles. The molecule has 0 radical (unpaired) electrons. The quantitative estimate of drug-likeness (QED) is 0.504. The van der Waals surface area contributed by atoms with Gasteiger partial charge >= 0.3 is 0 Å². The summed E-state index contributed by atoms with van der Waals surface area (Å²) in [5.41, 5.74) is 2.74. The van der Waals surface area contributed by atoms with Gasteiger partial charge in [-0.25, -0.2) is 9.95 Å². The van der Waals surface area contributed by atoms with E-state index in [-0.39, 0.29) is 0 Å². The summed E-state index contributed by atoms with van der Waals surface area (Å²) >= 11 is 10.8. The van der Waals surface area contributed by atoms with Gasteiger partial charge in [0.05, 0.1) is 17.8 Å². The fourth-order valence-electron chi connectivity index (χ4n) is 0.365. The molecule has 0 aromatic rings. The van der Waals surface area contributed by atoms with E-state index in [9.17, 15) is 0 Å². The largest absolute Gasteiger partial charge is 0.224 e. The maximum atomic E-state index is 5.48. The molecule has 7 heavy (non-hydrogen) atoms. The van der Waals surface area contributed by atoms with Crippen LogP contribution in [0.3, 0.4) is 0 Å². The Labute approximate surface area is 51.8 Å². The molecule has 0 saturated carbocycles. The van der Waals surface area contributed by atoms with Crippen LogP contribution < -0.4 is 5.43 Å². The lowest BCUT2D eigenvalue weighted by atomic mass is 10.6. The molecular formula is C3H4Cl2N2. The molecule has 0 aliphatic carbocycles. The Balaban J connectivity index is 2.50. The molecule has 1 aliphatic heterocycles. The van der Waals surface area contributed by atoms with Crippen molar-refractivity contribution in [1.82, 2.24) is 9.95 Å². The second kappa shape index (κ2) is 1.90. The first-order valence-electron chi connectivity index (χ1n) is 1.84. The van der Waals surface area contributed by atoms with Crippen molar-refractivity contribution in [2.24, 2.45) is 0 Å². The molecule has 0 saturated heterocycles. The first-order chi connectivity index (χ1) is 3.29. The molecule has 1 heterocycles. The van der Waals surface area contributed by atoms with Gasteiger partial charge in [0.15, 0.2) is 0 Å². The summed E-state index contributed by atoms with van der Waals surface area (Å²) < 4.78 is 1.31. The lowest BCUT2D eigenvalue weighted by Gasteiger charge is -1.99. The van der Waals surface area contributed by atoms with Crippen molar-refractivity contribution >= 4 is 23.4 Å². The molecule has 0 aromatic carbocycles. The topological polar surface area (TPSA) is 15.3 Å². The van der Waals surface area contributed by atoms with Crippen LogP contribution in [-0.4, -0.2) is 11.1 Å². The predicted molar refractivity (Wildman–Crippen MR) is 29.6 cm³/mol. The van der Waals surface area contributed by atoms with Crippen molar-refractivity contribution in [1.29, 1.82) is 0 Å². The summed E-state index contributed by atoms with van der Waals surface area (Å²) in [6.45, 7) is 0.644. The van der Waals surface area contributed by atoms with Crippen LogP contribution in [0.1, 0.15) is 0 Å². The third-order valence-electron chi connectivity index (χ3n) is 0.652. The van der Waals surface area contributed by atoms with Gasteiger partial charge < -0.3 is 0 Å². The van der Waals surface area contributed by atoms with E-state index in [1.165, 1.54) is 4.53 Å². The van der Waals surface area contributed by atoms with E-state index >= 15 is 0 Å². The summed E-state index contributed by atoms with van der Waals surface area (Å²) in [6, 6.07) is 0. The Morgan fingerprint density at radius 1 is 1.86 bits per heavy atom. The van der Waals surface area contributed by atoms with E-state index < -0.39 is 0 Å². The molecule has 1 rings (SSSR count). The summed E-state index contributed by atoms with van der Waals surface area (Å²) in [5.74, 6) is 0. The van der Waals surface area contributed by atoms with Gasteiger partial charge in [0.1, 0.15) is 0 Å². The van der Waals surface area contributed by atoms with Gasteiger partial charge in [-0.2, -0.15) is 0 Å². The molecule has 0 atom stereocenters. The fraction of sp³-hybridized carbons (Fsp3) is 0.333. The van der Waals surface area contributed by atoms with E-state index in [1.807, 2.05) is 0 Å². The number of hydrogen-bond acceptors (Lipinski definition) is 2. The van der Waals surface area contributed by atoms with Gasteiger partial charge in [-0.3, -0.25) is 0 Å². The number of rotatable bonds is 0. The molecule has 2 nitrogen and oxygen atoms in total. The second-order valence-corrected chi connectivity index (χ2v) is 2.07. The minimum Gasteiger partial charge on any atom is -0.224 e. The van der Waals surface area contributed by atoms with Gasteiger partial charge in [0.2, 0.25) is 0 Å². The first kappa shape index (κ1) is 5.22. The molecule has 1 aliphatic rings. The standard InChI is InChI=1S/C3H4Cl2N2/c4-3-1-6-7(5)2-3/h2,6H,1H2. The molecule has 0 unspecified atom stereocenters. The lowest BCUT2D eigenvalue weighted by Crippen LogP contribution is -2.18. The summed E-state index contributed by atoms with van der Waals surface area (Å²) in [7, 11) is 0. The van der Waals surface area contributed by atoms with Crippen molar-refractivity contribution in [2.45, 2.75) is 0 Å². The lowest BCUT2D eigenvalue weighted by molar-refractivity contribution is 0.500. The van der Waals surface area contributed by atoms with Crippen LogP contribution in [-0.2, 0) is 0 Å². The summed E-state index contributed by atoms with van der Waals surface area (Å²) in [6.07, 6.45) is 1.61. The number of hydrazine groups is 1. The van der Waals surface area contributed by atoms with Crippen molar-refractivity contribution in [3.05, 3.63) is 11.2 Å². The van der Waals surface area contributed by atoms with Crippen molar-refractivity contribution in [3.8, 4) is 0 Å². The molecule has 0 fully saturated rings. The highest BCUT2D eigenvalue weighted by Crippen LogP contribution is 2.08. The van der Waals surface area contributed by atoms with E-state index in [4.69, 9.17) is 23.4 Å². The molecule has 0 amide bonds. The average molecular weight is 139 g/mol. The number of nitrogens with zero attached hydrogens (tertiary/aromatic N) is 1. The van der Waals surface area contributed by atoms with Gasteiger partial charge in [0.25, 0.3) is 0 Å². The van der Waals surface area contributed by atoms with Crippen molar-refractivity contribution in [3.63, 3.8) is 0 Å². The van der Waals surface area contributed by atoms with Crippen LogP contribution in [0, 0.1) is 0 Å². The Bertz CT molecular complexity index is 101. The third kappa shape index (κ3) is 1.23. The Morgan fingerprint density at radius 2 is 2.57 bits per heavy atom. The summed E-state index contributed by atoms with van der Waals surface area (Å²) in [4.78, 5) is 0. The first-order valence-corrected chi connectivity index (χ1v) is 2.55. The Morgan fingerprint density at radius 3 is 2.71 bits per heavy atom. The average Bonchev–Trinajstić information content (AvgIpc) is 1.87. The highest BCUT2D eigenvalue weighted by Gasteiger charge is 2.04. The van der Waals surface area contributed by atoms with Gasteiger partial charge in [-0.1, -0.05) is 11.6 Å². The smallest absolute Gasteiger partial charge is 0.0538 e. The zero-order chi connectivity index (χ0) is 5.28. The van der Waals surface area contributed by atoms with Crippen LogP contribution in [0.15, 0.2) is 11.2 Å². The van der Waals surface area contributed by atoms with E-state index in [0.717, 1.165) is 5.03 Å². The fourth-order valence-corrected chi connectivity index (χ4v) is 0.750. The minimum atomic E-state index is 0.644. The van der Waals surface area contributed by atoms with Crippen LogP contribution in [0.25, 0.3) is 0 Å². The van der Waals surface area contributed by atoms with E-state index in [0.29, 0.717) is 6.54 Å². The Kier molecular flexibility index (Phi) is 1.42. The molecule has 1 N–H and O–H groups in total. The number of hydrogen-bond donors (Lipinski definition) is 1. The molecule has 0 spiro atoms. The van der Waals surface area contributed by atoms with Crippen molar-refractivity contribution < 1.29 is 0 Å². The maximum Gasteiger partial charge on any atom is 0.0538 e. The van der Waals surface area contributed by atoms with E-state index in [2.05, 4.69) is 5.43 Å². The monoisotopic (exact) mass is 138 g/mol. The van der Waals surface area contributed by atoms with Crippen LogP contribution >= 0.6 is 23.4 Å². The van der Waals surface area contributed by atoms with Gasteiger partial charge in [-0.15, -0.1) is 0 Å². The zero-order valence-electron chi connectivity index (χ0n) is 3.49. The van der Waals surface area contributed by atoms with Crippen LogP contribution in [0.2, 0.25) is 0 Å². The summed E-state index contributed by atoms with van der Waals surface area (Å²) in [5, 5.41) is 0.731. The van der Waals surface area contributed by atoms with E-state index in [1.54, 1.807) is 6.20 Å². The molecule has 0 bridgehead atoms. The third-order valence-corrected chi connectivity index (χ3v) is 1.10.